The van der Waals surface area contributed by atoms with Crippen molar-refractivity contribution in [3.8, 4) is 5.75 Å². The third kappa shape index (κ3) is 4.67. The van der Waals surface area contributed by atoms with Crippen molar-refractivity contribution < 1.29 is 12.6 Å². The Morgan fingerprint density at radius 1 is 0.788 bits per heavy atom. The molecule has 2 aromatic heterocycles. The van der Waals surface area contributed by atoms with Gasteiger partial charge in [0.25, 0.3) is 11.1 Å². The van der Waals surface area contributed by atoms with E-state index in [1.165, 1.54) is 24.3 Å². The summed E-state index contributed by atoms with van der Waals surface area (Å²) in [6.07, 6.45) is 0. The zero-order valence-electron chi connectivity index (χ0n) is 18.1. The Balaban J connectivity index is 0.00000306. The first-order valence-corrected chi connectivity index (χ1v) is 11.2. The number of hydrogen-bond acceptors (Lipinski definition) is 5. The lowest BCUT2D eigenvalue weighted by Gasteiger charge is -2.17. The van der Waals surface area contributed by atoms with E-state index in [2.05, 4.69) is 20.4 Å². The van der Waals surface area contributed by atoms with Crippen LogP contribution in [0.15, 0.2) is 63.0 Å². The Kier molecular flexibility index (Phi) is 6.71. The third-order valence-corrected chi connectivity index (χ3v) is 6.57. The van der Waals surface area contributed by atoms with Gasteiger partial charge < -0.3 is 14.4 Å². The van der Waals surface area contributed by atoms with Crippen LogP contribution in [0.4, 0.5) is 0 Å². The van der Waals surface area contributed by atoms with E-state index in [0.717, 1.165) is 5.56 Å². The second kappa shape index (κ2) is 9.16. The molecule has 0 atom stereocenters. The summed E-state index contributed by atoms with van der Waals surface area (Å²) in [5, 5.41) is 10.6. The highest BCUT2D eigenvalue weighted by Crippen LogP contribution is 2.33. The molecule has 0 bridgehead atoms. The quantitative estimate of drug-likeness (QED) is 0.307. The van der Waals surface area contributed by atoms with E-state index >= 15 is 0 Å². The number of aromatic nitrogens is 4. The van der Waals surface area contributed by atoms with Gasteiger partial charge in [-0.3, -0.25) is 19.8 Å². The standard InChI is InChI=1S/C22H22N4O5S.ClH/c1-12-7-9-17(10-8-12)32(29,30)31-16-6-4-5-15(11-16)20(18-13(2)23-25-21(18)27)19-14(3)24-26-22(19)28;/h4-11,20H,1-3H3,(H2,23,25,27)(H2,24,26,28);1H. The van der Waals surface area contributed by atoms with Crippen LogP contribution in [0.1, 0.15) is 39.6 Å². The molecule has 0 fully saturated rings. The molecule has 0 aliphatic heterocycles. The van der Waals surface area contributed by atoms with Crippen molar-refractivity contribution in [2.75, 3.05) is 0 Å². The minimum atomic E-state index is -4.06. The minimum absolute atomic E-state index is 0. The summed E-state index contributed by atoms with van der Waals surface area (Å²) in [7, 11) is -4.06. The molecule has 33 heavy (non-hydrogen) atoms. The predicted octanol–water partition coefficient (Wildman–Crippen LogP) is 3.01. The molecule has 0 saturated heterocycles. The zero-order chi connectivity index (χ0) is 23.0. The Morgan fingerprint density at radius 3 is 1.82 bits per heavy atom. The molecule has 174 valence electrons. The predicted molar refractivity (Wildman–Crippen MR) is 126 cm³/mol. The van der Waals surface area contributed by atoms with Crippen LogP contribution < -0.4 is 15.3 Å². The molecular formula is C22H23ClN4O5S. The van der Waals surface area contributed by atoms with E-state index < -0.39 is 16.0 Å². The molecule has 0 spiro atoms. The van der Waals surface area contributed by atoms with Crippen LogP contribution in [0.3, 0.4) is 0 Å². The number of rotatable bonds is 6. The molecule has 0 aliphatic carbocycles. The van der Waals surface area contributed by atoms with Gasteiger partial charge in [-0.1, -0.05) is 29.8 Å². The third-order valence-electron chi connectivity index (χ3n) is 5.31. The molecular weight excluding hydrogens is 468 g/mol. The molecule has 4 N–H and O–H groups in total. The van der Waals surface area contributed by atoms with Crippen molar-refractivity contribution in [2.45, 2.75) is 31.6 Å². The van der Waals surface area contributed by atoms with Crippen LogP contribution in [0.5, 0.6) is 5.75 Å². The molecule has 0 radical (unpaired) electrons. The van der Waals surface area contributed by atoms with Crippen LogP contribution in [-0.2, 0) is 10.1 Å². The summed E-state index contributed by atoms with van der Waals surface area (Å²) in [5.74, 6) is -0.673. The second-order valence-corrected chi connectivity index (χ2v) is 9.14. The van der Waals surface area contributed by atoms with Gasteiger partial charge in [0.2, 0.25) is 0 Å². The highest BCUT2D eigenvalue weighted by Gasteiger charge is 2.28. The number of halogens is 1. The molecule has 0 saturated carbocycles. The van der Waals surface area contributed by atoms with E-state index in [9.17, 15) is 18.0 Å². The lowest BCUT2D eigenvalue weighted by atomic mass is 9.85. The molecule has 0 amide bonds. The summed E-state index contributed by atoms with van der Waals surface area (Å²) >= 11 is 0. The van der Waals surface area contributed by atoms with Gasteiger partial charge in [0.1, 0.15) is 10.6 Å². The van der Waals surface area contributed by atoms with Gasteiger partial charge in [-0.15, -0.1) is 12.4 Å². The molecule has 2 aromatic carbocycles. The smallest absolute Gasteiger partial charge is 0.339 e. The fraction of sp³-hybridized carbons (Fsp3) is 0.182. The lowest BCUT2D eigenvalue weighted by Crippen LogP contribution is -2.20. The highest BCUT2D eigenvalue weighted by atomic mass is 35.5. The summed E-state index contributed by atoms with van der Waals surface area (Å²) in [4.78, 5) is 25.2. The van der Waals surface area contributed by atoms with Crippen LogP contribution in [-0.4, -0.2) is 28.8 Å². The fourth-order valence-corrected chi connectivity index (χ4v) is 4.63. The Bertz CT molecular complexity index is 1440. The summed E-state index contributed by atoms with van der Waals surface area (Å²) in [6, 6.07) is 12.7. The molecule has 9 nitrogen and oxygen atoms in total. The number of aryl methyl sites for hydroxylation is 3. The fourth-order valence-electron chi connectivity index (χ4n) is 3.71. The van der Waals surface area contributed by atoms with Crippen molar-refractivity contribution in [1.29, 1.82) is 0 Å². The van der Waals surface area contributed by atoms with Gasteiger partial charge in [-0.25, -0.2) is 0 Å². The van der Waals surface area contributed by atoms with Crippen molar-refractivity contribution in [1.82, 2.24) is 20.4 Å². The second-order valence-electron chi connectivity index (χ2n) is 7.59. The maximum Gasteiger partial charge on any atom is 0.339 e. The lowest BCUT2D eigenvalue weighted by molar-refractivity contribution is 0.485. The average Bonchev–Trinajstić information content (AvgIpc) is 3.25. The van der Waals surface area contributed by atoms with Crippen LogP contribution in [0.25, 0.3) is 0 Å². The monoisotopic (exact) mass is 490 g/mol. The molecule has 0 unspecified atom stereocenters. The summed E-state index contributed by atoms with van der Waals surface area (Å²) < 4.78 is 30.8. The molecule has 11 heteroatoms. The summed E-state index contributed by atoms with van der Waals surface area (Å²) in [5.41, 5.74) is 2.57. The minimum Gasteiger partial charge on any atom is -0.379 e. The van der Waals surface area contributed by atoms with E-state index in [1.807, 2.05) is 6.92 Å². The Labute approximate surface area is 195 Å². The van der Waals surface area contributed by atoms with E-state index in [1.54, 1.807) is 38.1 Å². The summed E-state index contributed by atoms with van der Waals surface area (Å²) in [6.45, 7) is 5.30. The van der Waals surface area contributed by atoms with Gasteiger partial charge in [0.05, 0.1) is 11.1 Å². The average molecular weight is 491 g/mol. The van der Waals surface area contributed by atoms with Crippen molar-refractivity contribution in [3.05, 3.63) is 103 Å². The van der Waals surface area contributed by atoms with Crippen LogP contribution >= 0.6 is 12.4 Å². The molecule has 0 aliphatic rings. The topological polar surface area (TPSA) is 141 Å². The molecule has 4 rings (SSSR count). The zero-order valence-corrected chi connectivity index (χ0v) is 19.7. The number of nitrogens with one attached hydrogen (secondary N) is 4. The van der Waals surface area contributed by atoms with E-state index in [0.29, 0.717) is 28.1 Å². The Morgan fingerprint density at radius 2 is 1.33 bits per heavy atom. The molecule has 2 heterocycles. The first-order valence-electron chi connectivity index (χ1n) is 9.83. The van der Waals surface area contributed by atoms with Crippen LogP contribution in [0, 0.1) is 20.8 Å². The number of H-pyrrole nitrogens is 4. The number of benzene rings is 2. The maximum absolute atomic E-state index is 12.7. The number of hydrogen-bond donors (Lipinski definition) is 4. The van der Waals surface area contributed by atoms with Crippen molar-refractivity contribution in [2.24, 2.45) is 0 Å². The Hall–Kier alpha value is -3.50. The molecule has 4 aromatic rings. The van der Waals surface area contributed by atoms with Crippen molar-refractivity contribution in [3.63, 3.8) is 0 Å². The van der Waals surface area contributed by atoms with Gasteiger partial charge in [-0.2, -0.15) is 8.42 Å². The van der Waals surface area contributed by atoms with Crippen molar-refractivity contribution >= 4 is 22.5 Å². The normalized spacial score (nSPS) is 11.4. The number of aromatic amines is 4. The van der Waals surface area contributed by atoms with E-state index in [4.69, 9.17) is 4.18 Å². The van der Waals surface area contributed by atoms with Crippen LogP contribution in [0.2, 0.25) is 0 Å². The van der Waals surface area contributed by atoms with Gasteiger partial charge in [0, 0.05) is 17.3 Å². The van der Waals surface area contributed by atoms with Gasteiger partial charge >= 0.3 is 10.1 Å². The maximum atomic E-state index is 12.7. The first kappa shape index (κ1) is 24.1. The van der Waals surface area contributed by atoms with E-state index in [-0.39, 0.29) is 34.2 Å². The van der Waals surface area contributed by atoms with Gasteiger partial charge in [0.15, 0.2) is 0 Å². The first-order chi connectivity index (χ1) is 15.2. The SMILES string of the molecule is Cc1ccc(S(=O)(=O)Oc2cccc(C(c3c(C)[nH][nH]c3=O)c3c(C)[nH][nH]c3=O)c2)cc1.Cl. The van der Waals surface area contributed by atoms with Gasteiger partial charge in [-0.05, 0) is 50.6 Å². The highest BCUT2D eigenvalue weighted by molar-refractivity contribution is 7.87. The largest absolute Gasteiger partial charge is 0.379 e.